The van der Waals surface area contributed by atoms with Gasteiger partial charge in [-0.2, -0.15) is 0 Å². The van der Waals surface area contributed by atoms with Gasteiger partial charge in [0.15, 0.2) is 0 Å². The molecule has 0 unspecified atom stereocenters. The Morgan fingerprint density at radius 1 is 0.938 bits per heavy atom. The molecular weight excluding hydrogens is 470 g/mol. The molecule has 0 radical (unpaired) electrons. The zero-order valence-corrected chi connectivity index (χ0v) is 19.6. The van der Waals surface area contributed by atoms with Crippen LogP contribution < -0.4 is 10.2 Å². The molecule has 4 amide bonds. The molecule has 1 aliphatic heterocycles. The normalized spacial score (nSPS) is 15.4. The van der Waals surface area contributed by atoms with Crippen molar-refractivity contribution in [3.63, 3.8) is 0 Å². The van der Waals surface area contributed by atoms with Crippen LogP contribution in [0.15, 0.2) is 64.6 Å². The number of halogens is 1. The molecule has 0 spiro atoms. The number of nitrogens with one attached hydrogen (secondary N) is 1. The molecule has 32 heavy (non-hydrogen) atoms. The highest BCUT2D eigenvalue weighted by Gasteiger charge is 2.37. The average Bonchev–Trinajstić information content (AvgIpc) is 3.05. The lowest BCUT2D eigenvalue weighted by Gasteiger charge is -2.26. The van der Waals surface area contributed by atoms with E-state index in [4.69, 9.17) is 0 Å². The summed E-state index contributed by atoms with van der Waals surface area (Å²) < 4.78 is 3.03. The van der Waals surface area contributed by atoms with E-state index in [0.717, 1.165) is 44.0 Å². The molecule has 1 fully saturated rings. The molecule has 4 rings (SSSR count). The number of carbonyl (C=O) groups excluding carboxylic acids is 3. The Bertz CT molecular complexity index is 1250. The van der Waals surface area contributed by atoms with Crippen LogP contribution in [0.5, 0.6) is 0 Å². The number of barbiturate groups is 1. The second-order valence-corrected chi connectivity index (χ2v) is 8.53. The number of aromatic nitrogens is 1. The van der Waals surface area contributed by atoms with Gasteiger partial charge in [0.25, 0.3) is 11.8 Å². The molecule has 0 bridgehead atoms. The van der Waals surface area contributed by atoms with Crippen LogP contribution in [-0.2, 0) is 16.0 Å². The number of carbonyl (C=O) groups is 3. The maximum Gasteiger partial charge on any atom is 0.335 e. The summed E-state index contributed by atoms with van der Waals surface area (Å²) in [5.74, 6) is -1.34. The van der Waals surface area contributed by atoms with E-state index < -0.39 is 17.8 Å². The smallest absolute Gasteiger partial charge is 0.318 e. The van der Waals surface area contributed by atoms with Crippen LogP contribution in [0.25, 0.3) is 11.8 Å². The van der Waals surface area contributed by atoms with Crippen LogP contribution >= 0.6 is 15.9 Å². The average molecular weight is 492 g/mol. The fourth-order valence-corrected chi connectivity index (χ4v) is 4.11. The summed E-state index contributed by atoms with van der Waals surface area (Å²) in [6.07, 6.45) is 2.40. The van der Waals surface area contributed by atoms with Gasteiger partial charge in [-0.15, -0.1) is 0 Å². The van der Waals surface area contributed by atoms with E-state index in [0.29, 0.717) is 5.69 Å². The van der Waals surface area contributed by atoms with E-state index in [-0.39, 0.29) is 5.57 Å². The summed E-state index contributed by atoms with van der Waals surface area (Å²) in [6, 6.07) is 16.2. The molecule has 0 saturated carbocycles. The third-order valence-electron chi connectivity index (χ3n) is 5.56. The monoisotopic (exact) mass is 491 g/mol. The number of aryl methyl sites for hydroxylation is 2. The third kappa shape index (κ3) is 3.91. The summed E-state index contributed by atoms with van der Waals surface area (Å²) in [5, 5.41) is 2.28. The van der Waals surface area contributed by atoms with Crippen molar-refractivity contribution in [2.24, 2.45) is 0 Å². The highest BCUT2D eigenvalue weighted by atomic mass is 79.9. The lowest BCUT2D eigenvalue weighted by molar-refractivity contribution is -0.122. The van der Waals surface area contributed by atoms with Gasteiger partial charge in [-0.3, -0.25) is 14.9 Å². The first-order valence-corrected chi connectivity index (χ1v) is 11.0. The van der Waals surface area contributed by atoms with Crippen LogP contribution in [-0.4, -0.2) is 22.4 Å². The molecular formula is C25H22BrN3O3. The third-order valence-corrected chi connectivity index (χ3v) is 6.09. The molecule has 6 nitrogen and oxygen atoms in total. The fraction of sp³-hybridized carbons (Fsp3) is 0.160. The van der Waals surface area contributed by atoms with Crippen LogP contribution in [0, 0.1) is 13.8 Å². The van der Waals surface area contributed by atoms with Crippen LogP contribution in [0.3, 0.4) is 0 Å². The lowest BCUT2D eigenvalue weighted by atomic mass is 10.1. The Morgan fingerprint density at radius 3 is 2.19 bits per heavy atom. The maximum absolute atomic E-state index is 13.2. The quantitative estimate of drug-likeness (QED) is 0.408. The van der Waals surface area contributed by atoms with Gasteiger partial charge in [0.2, 0.25) is 0 Å². The van der Waals surface area contributed by atoms with Crippen molar-refractivity contribution in [3.8, 4) is 5.69 Å². The van der Waals surface area contributed by atoms with Gasteiger partial charge in [-0.05, 0) is 79.9 Å². The number of anilines is 1. The van der Waals surface area contributed by atoms with Crippen molar-refractivity contribution >= 4 is 45.5 Å². The van der Waals surface area contributed by atoms with Gasteiger partial charge in [0.1, 0.15) is 5.57 Å². The van der Waals surface area contributed by atoms with Gasteiger partial charge in [-0.1, -0.05) is 35.0 Å². The van der Waals surface area contributed by atoms with Crippen LogP contribution in [0.2, 0.25) is 0 Å². The van der Waals surface area contributed by atoms with E-state index in [1.165, 1.54) is 0 Å². The minimum Gasteiger partial charge on any atom is -0.318 e. The Hall–Kier alpha value is -3.45. The maximum atomic E-state index is 13.2. The first-order chi connectivity index (χ1) is 15.3. The number of hydrogen-bond donors (Lipinski definition) is 1. The molecule has 7 heteroatoms. The van der Waals surface area contributed by atoms with Crippen molar-refractivity contribution in [1.29, 1.82) is 0 Å². The molecule has 0 atom stereocenters. The molecule has 1 aromatic heterocycles. The van der Waals surface area contributed by atoms with E-state index in [9.17, 15) is 14.4 Å². The standard InChI is InChI=1S/C25H22BrN3O3/c1-4-17-5-9-21(10-6-17)29-24(31)22(23(30)27-25(29)32)14-18-13-15(2)28(16(18)3)20-11-7-19(26)8-12-20/h5-14H,4H2,1-3H3,(H,27,30,32)/b22-14-. The second-order valence-electron chi connectivity index (χ2n) is 7.62. The van der Waals surface area contributed by atoms with Crippen molar-refractivity contribution in [2.75, 3.05) is 4.90 Å². The summed E-state index contributed by atoms with van der Waals surface area (Å²) in [7, 11) is 0. The van der Waals surface area contributed by atoms with Gasteiger partial charge >= 0.3 is 6.03 Å². The molecule has 1 saturated heterocycles. The molecule has 2 heterocycles. The van der Waals surface area contributed by atoms with E-state index in [2.05, 4.69) is 25.8 Å². The highest BCUT2D eigenvalue weighted by molar-refractivity contribution is 9.10. The number of urea groups is 1. The number of hydrogen-bond acceptors (Lipinski definition) is 3. The van der Waals surface area contributed by atoms with Gasteiger partial charge in [0, 0.05) is 21.5 Å². The Balaban J connectivity index is 1.73. The lowest BCUT2D eigenvalue weighted by Crippen LogP contribution is -2.54. The summed E-state index contributed by atoms with van der Waals surface area (Å²) in [4.78, 5) is 39.2. The zero-order valence-electron chi connectivity index (χ0n) is 18.0. The van der Waals surface area contributed by atoms with E-state index in [1.807, 2.05) is 63.2 Å². The summed E-state index contributed by atoms with van der Waals surface area (Å²) in [6.45, 7) is 5.92. The predicted octanol–water partition coefficient (Wildman–Crippen LogP) is 5.09. The van der Waals surface area contributed by atoms with Crippen molar-refractivity contribution in [3.05, 3.63) is 87.2 Å². The number of benzene rings is 2. The topological polar surface area (TPSA) is 71.4 Å². The highest BCUT2D eigenvalue weighted by Crippen LogP contribution is 2.27. The number of nitrogens with zero attached hydrogens (tertiary/aromatic N) is 2. The minimum atomic E-state index is -0.748. The first-order valence-electron chi connectivity index (χ1n) is 10.3. The number of imide groups is 2. The SMILES string of the molecule is CCc1ccc(N2C(=O)NC(=O)/C(=C/c3cc(C)n(-c4ccc(Br)cc4)c3C)C2=O)cc1. The van der Waals surface area contributed by atoms with E-state index in [1.54, 1.807) is 18.2 Å². The first kappa shape index (κ1) is 21.8. The predicted molar refractivity (Wildman–Crippen MR) is 128 cm³/mol. The number of amides is 4. The molecule has 3 aromatic rings. The van der Waals surface area contributed by atoms with Gasteiger partial charge in [0.05, 0.1) is 5.69 Å². The summed E-state index contributed by atoms with van der Waals surface area (Å²) in [5.41, 5.74) is 4.98. The van der Waals surface area contributed by atoms with Crippen molar-refractivity contribution in [2.45, 2.75) is 27.2 Å². The van der Waals surface area contributed by atoms with Crippen LogP contribution in [0.1, 0.15) is 29.4 Å². The Kier molecular flexibility index (Phi) is 5.84. The second kappa shape index (κ2) is 8.59. The zero-order chi connectivity index (χ0) is 23.0. The fourth-order valence-electron chi connectivity index (χ4n) is 3.85. The molecule has 162 valence electrons. The molecule has 0 aliphatic carbocycles. The van der Waals surface area contributed by atoms with Crippen molar-refractivity contribution < 1.29 is 14.4 Å². The molecule has 2 aromatic carbocycles. The number of rotatable bonds is 4. The van der Waals surface area contributed by atoms with Crippen LogP contribution in [0.4, 0.5) is 10.5 Å². The molecule has 1 N–H and O–H groups in total. The summed E-state index contributed by atoms with van der Waals surface area (Å²) >= 11 is 3.44. The Morgan fingerprint density at radius 2 is 1.56 bits per heavy atom. The molecule has 1 aliphatic rings. The van der Waals surface area contributed by atoms with E-state index >= 15 is 0 Å². The largest absolute Gasteiger partial charge is 0.335 e. The Labute approximate surface area is 194 Å². The van der Waals surface area contributed by atoms with Gasteiger partial charge < -0.3 is 4.57 Å². The van der Waals surface area contributed by atoms with Gasteiger partial charge in [-0.25, -0.2) is 9.69 Å². The van der Waals surface area contributed by atoms with Crippen molar-refractivity contribution in [1.82, 2.24) is 9.88 Å². The minimum absolute atomic E-state index is 0.0831.